The van der Waals surface area contributed by atoms with E-state index in [1.54, 1.807) is 62.4 Å². The van der Waals surface area contributed by atoms with Gasteiger partial charge in [-0.25, -0.2) is 9.97 Å². The summed E-state index contributed by atoms with van der Waals surface area (Å²) in [5, 5.41) is 13.8. The molecule has 0 saturated carbocycles. The lowest BCUT2D eigenvalue weighted by Crippen LogP contribution is -2.47. The summed E-state index contributed by atoms with van der Waals surface area (Å²) >= 11 is 15.9. The topological polar surface area (TPSA) is 207 Å². The Bertz CT molecular complexity index is 3980. The molecule has 11 aromatic rings. The molecule has 4 amide bonds. The van der Waals surface area contributed by atoms with Crippen molar-refractivity contribution in [2.75, 3.05) is 14.1 Å². The molecule has 16 nitrogen and oxygen atoms in total. The molecule has 0 aliphatic carbocycles. The number of likely N-dealkylation sites (N-methyl/N-ethyl adjacent to an activating group) is 2. The largest absolute Gasteiger partial charge is 0.489 e. The normalized spacial score (nSPS) is 11.0. The fraction of sp³-hybridized carbons (Fsp3) is 0.229. The van der Waals surface area contributed by atoms with E-state index < -0.39 is 18.0 Å². The molecule has 0 saturated heterocycles. The van der Waals surface area contributed by atoms with E-state index in [0.29, 0.717) is 45.5 Å². The lowest BCUT2D eigenvalue weighted by molar-refractivity contribution is -0.123. The molecular formula is C70H79BrCl2N10O6. The fourth-order valence-electron chi connectivity index (χ4n) is 8.84. The van der Waals surface area contributed by atoms with Crippen molar-refractivity contribution in [3.8, 4) is 17.2 Å². The van der Waals surface area contributed by atoms with Gasteiger partial charge < -0.3 is 35.7 Å². The zero-order valence-electron chi connectivity index (χ0n) is 47.5. The van der Waals surface area contributed by atoms with E-state index in [1.807, 2.05) is 141 Å². The average Bonchev–Trinajstić information content (AvgIpc) is 3.89. The van der Waals surface area contributed by atoms with Gasteiger partial charge in [-0.3, -0.25) is 33.7 Å². The van der Waals surface area contributed by atoms with Crippen LogP contribution in [0.25, 0.3) is 49.6 Å². The standard InChI is InChI=1S/C27H27ClN4O3.C20H22BrClN2O3.C12H8N2.C7H6N2.4CH4/c1-17(2)35-25-13-10-19(15-21(25)28)26(33)31-23(27(34)29-3)14-18-8-11-20(12-9-18)32-16-30-22-6-4-5-7-24(22)32;1-12(2)27-18-9-6-14(11-16(18)22)19(25)24-17(20(26)23-3)10-13-4-7-15(21)8-5-13;1-3-9-5-6-10-4-2-8-14-12(10)11(9)13-7-1;1-2-4-7-6(3-1)8-5-9-7;;;;/h4-13,15-17,23H,14H2,1-3H3,(H,29,34)(H,31,33);4-9,11-12,17H,10H2,1-3H3,(H,23,26)(H,24,25);1-8H;1-5H,(H,8,9);4*1H4. The van der Waals surface area contributed by atoms with Gasteiger partial charge in [-0.2, -0.15) is 0 Å². The van der Waals surface area contributed by atoms with Gasteiger partial charge >= 0.3 is 0 Å². The van der Waals surface area contributed by atoms with Gasteiger partial charge in [0.2, 0.25) is 11.8 Å². The van der Waals surface area contributed by atoms with Crippen molar-refractivity contribution in [3.63, 3.8) is 0 Å². The summed E-state index contributed by atoms with van der Waals surface area (Å²) in [5.41, 5.74) is 9.52. The van der Waals surface area contributed by atoms with Crippen LogP contribution in [0.2, 0.25) is 10.0 Å². The molecule has 0 bridgehead atoms. The first-order chi connectivity index (χ1) is 41.1. The SMILES string of the molecule is C.C.C.C.CNC(=O)C(Cc1ccc(-n2cnc3ccccc32)cc1)NC(=O)c1ccc(OC(C)C)c(Cl)c1.CNC(=O)C(Cc1ccc(Br)cc1)NC(=O)c1ccc(OC(C)C)c(Cl)c1.c1ccc2[nH]cnc2c1.c1cnc2c(c1)ccc1cccnc12. The molecule has 0 radical (unpaired) electrons. The second-order valence-corrected chi connectivity index (χ2v) is 21.6. The molecule has 0 spiro atoms. The number of rotatable bonds is 15. The molecule has 19 heteroatoms. The van der Waals surface area contributed by atoms with Gasteiger partial charge in [-0.15, -0.1) is 0 Å². The van der Waals surface area contributed by atoms with Crippen LogP contribution in [-0.4, -0.2) is 91.5 Å². The number of para-hydroxylation sites is 4. The number of nitrogens with zero attached hydrogens (tertiary/aromatic N) is 5. The van der Waals surface area contributed by atoms with E-state index in [4.69, 9.17) is 32.7 Å². The number of fused-ring (bicyclic) bond motifs is 5. The molecule has 89 heavy (non-hydrogen) atoms. The number of aromatic nitrogens is 6. The number of carbonyl (C=O) groups is 4. The van der Waals surface area contributed by atoms with Crippen LogP contribution in [0.4, 0.5) is 0 Å². The fourth-order valence-corrected chi connectivity index (χ4v) is 9.56. The number of carbonyl (C=O) groups excluding carboxylic acids is 4. The smallest absolute Gasteiger partial charge is 0.251 e. The second-order valence-electron chi connectivity index (χ2n) is 19.8. The zero-order chi connectivity index (χ0) is 60.4. The van der Waals surface area contributed by atoms with Gasteiger partial charge in [0, 0.05) is 71.4 Å². The quantitative estimate of drug-likeness (QED) is 0.0614. The molecule has 2 unspecified atom stereocenters. The van der Waals surface area contributed by atoms with Crippen LogP contribution in [0.15, 0.2) is 199 Å². The highest BCUT2D eigenvalue weighted by Crippen LogP contribution is 2.29. The van der Waals surface area contributed by atoms with Crippen LogP contribution in [-0.2, 0) is 22.4 Å². The Morgan fingerprint density at radius 3 is 1.46 bits per heavy atom. The van der Waals surface area contributed by atoms with E-state index in [9.17, 15) is 19.2 Å². The molecular weight excluding hydrogens is 1230 g/mol. The number of benzene rings is 7. The van der Waals surface area contributed by atoms with Crippen molar-refractivity contribution in [2.24, 2.45) is 0 Å². The summed E-state index contributed by atoms with van der Waals surface area (Å²) < 4.78 is 14.2. The van der Waals surface area contributed by atoms with E-state index >= 15 is 0 Å². The van der Waals surface area contributed by atoms with Crippen LogP contribution in [0, 0.1) is 0 Å². The molecule has 7 aromatic carbocycles. The van der Waals surface area contributed by atoms with Crippen LogP contribution in [0.5, 0.6) is 11.5 Å². The first kappa shape index (κ1) is 72.3. The first-order valence-corrected chi connectivity index (χ1v) is 28.8. The summed E-state index contributed by atoms with van der Waals surface area (Å²) in [5.74, 6) is -0.296. The van der Waals surface area contributed by atoms with Crippen molar-refractivity contribution in [1.29, 1.82) is 0 Å². The summed E-state index contributed by atoms with van der Waals surface area (Å²) in [4.78, 5) is 70.4. The Balaban J connectivity index is 0.000000275. The summed E-state index contributed by atoms with van der Waals surface area (Å²) in [7, 11) is 3.08. The monoisotopic (exact) mass is 1300 g/mol. The number of aromatic amines is 1. The average molecular weight is 1310 g/mol. The van der Waals surface area contributed by atoms with Crippen LogP contribution >= 0.6 is 39.1 Å². The third-order valence-corrected chi connectivity index (χ3v) is 14.1. The number of H-pyrrole nitrogens is 1. The number of ether oxygens (including phenoxy) is 2. The highest BCUT2D eigenvalue weighted by atomic mass is 79.9. The third kappa shape index (κ3) is 19.9. The number of nitrogens with one attached hydrogen (secondary N) is 5. The molecule has 4 aromatic heterocycles. The number of halogens is 3. The van der Waals surface area contributed by atoms with Gasteiger partial charge in [0.15, 0.2) is 0 Å². The molecule has 4 heterocycles. The van der Waals surface area contributed by atoms with Crippen molar-refractivity contribution in [1.82, 2.24) is 50.8 Å². The maximum Gasteiger partial charge on any atom is 0.251 e. The Morgan fingerprint density at radius 2 is 1.00 bits per heavy atom. The van der Waals surface area contributed by atoms with Crippen LogP contribution in [0.3, 0.4) is 0 Å². The highest BCUT2D eigenvalue weighted by molar-refractivity contribution is 9.10. The number of amides is 4. The lowest BCUT2D eigenvalue weighted by Gasteiger charge is -2.18. The Kier molecular flexibility index (Phi) is 28.4. The number of hydrogen-bond donors (Lipinski definition) is 5. The Morgan fingerprint density at radius 1 is 0.539 bits per heavy atom. The van der Waals surface area contributed by atoms with Crippen LogP contribution < -0.4 is 30.7 Å². The number of hydrogen-bond acceptors (Lipinski definition) is 10. The second kappa shape index (κ2) is 35.0. The minimum absolute atomic E-state index is 0. The van der Waals surface area contributed by atoms with E-state index in [2.05, 4.69) is 86.4 Å². The summed E-state index contributed by atoms with van der Waals surface area (Å²) in [6.07, 6.45) is 7.74. The van der Waals surface area contributed by atoms with Gasteiger partial charge in [0.1, 0.15) is 29.9 Å². The minimum atomic E-state index is -0.752. The van der Waals surface area contributed by atoms with Crippen LogP contribution in [0.1, 0.15) is 89.2 Å². The molecule has 0 aliphatic heterocycles. The van der Waals surface area contributed by atoms with Gasteiger partial charge in [0.25, 0.3) is 11.8 Å². The van der Waals surface area contributed by atoms with Crippen molar-refractivity contribution in [2.45, 2.75) is 94.5 Å². The Labute approximate surface area is 540 Å². The minimum Gasteiger partial charge on any atom is -0.489 e. The molecule has 0 aliphatic rings. The molecule has 2 atom stereocenters. The van der Waals surface area contributed by atoms with E-state index in [1.165, 1.54) is 13.1 Å². The molecule has 5 N–H and O–H groups in total. The van der Waals surface area contributed by atoms with Crippen molar-refractivity contribution in [3.05, 3.63) is 232 Å². The molecule has 466 valence electrons. The summed E-state index contributed by atoms with van der Waals surface area (Å²) in [6, 6.07) is 51.6. The van der Waals surface area contributed by atoms with Gasteiger partial charge in [-0.05, 0) is 136 Å². The maximum atomic E-state index is 12.9. The number of imidazole rings is 2. The van der Waals surface area contributed by atoms with E-state index in [-0.39, 0.29) is 59.6 Å². The molecule has 11 rings (SSSR count). The van der Waals surface area contributed by atoms with Crippen molar-refractivity contribution < 1.29 is 28.7 Å². The van der Waals surface area contributed by atoms with Gasteiger partial charge in [-0.1, -0.05) is 142 Å². The summed E-state index contributed by atoms with van der Waals surface area (Å²) in [6.45, 7) is 7.59. The number of pyridine rings is 2. The zero-order valence-corrected chi connectivity index (χ0v) is 50.6. The van der Waals surface area contributed by atoms with Crippen molar-refractivity contribution >= 4 is 107 Å². The maximum absolute atomic E-state index is 12.9. The van der Waals surface area contributed by atoms with Gasteiger partial charge in [0.05, 0.1) is 61.7 Å². The van der Waals surface area contributed by atoms with E-state index in [0.717, 1.165) is 65.2 Å². The third-order valence-electron chi connectivity index (χ3n) is 13.0. The Hall–Kier alpha value is -9.16. The first-order valence-electron chi connectivity index (χ1n) is 27.3. The lowest BCUT2D eigenvalue weighted by atomic mass is 10.0. The molecule has 0 fully saturated rings. The highest BCUT2D eigenvalue weighted by Gasteiger charge is 2.24. The predicted molar refractivity (Wildman–Crippen MR) is 368 cm³/mol. The predicted octanol–water partition coefficient (Wildman–Crippen LogP) is 15.4.